The van der Waals surface area contributed by atoms with E-state index in [-0.39, 0.29) is 5.91 Å². The van der Waals surface area contributed by atoms with Gasteiger partial charge in [-0.05, 0) is 62.2 Å². The number of rotatable bonds is 6. The maximum Gasteiger partial charge on any atom is 0.287 e. The van der Waals surface area contributed by atoms with Crippen LogP contribution in [-0.2, 0) is 0 Å². The maximum atomic E-state index is 12.4. The molecule has 1 aromatic carbocycles. The number of furan rings is 1. The van der Waals surface area contributed by atoms with Gasteiger partial charge in [0.15, 0.2) is 5.76 Å². The Kier molecular flexibility index (Phi) is 5.76. The number of aryl methyl sites for hydroxylation is 2. The summed E-state index contributed by atoms with van der Waals surface area (Å²) in [4.78, 5) is 25.7. The number of hydrogen-bond donors (Lipinski definition) is 1. The van der Waals surface area contributed by atoms with Crippen LogP contribution in [0.25, 0.3) is 11.0 Å². The van der Waals surface area contributed by atoms with E-state index in [0.29, 0.717) is 12.3 Å². The summed E-state index contributed by atoms with van der Waals surface area (Å²) in [6, 6.07) is 7.70. The van der Waals surface area contributed by atoms with Crippen molar-refractivity contribution in [1.29, 1.82) is 0 Å². The molecule has 0 aliphatic carbocycles. The molecule has 0 bridgehead atoms. The number of nitrogens with one attached hydrogen (secondary N) is 1. The molecule has 1 saturated heterocycles. The van der Waals surface area contributed by atoms with Crippen LogP contribution in [0.5, 0.6) is 0 Å². The average molecular weight is 393 g/mol. The Morgan fingerprint density at radius 1 is 1.07 bits per heavy atom. The van der Waals surface area contributed by atoms with Gasteiger partial charge in [0.05, 0.1) is 0 Å². The van der Waals surface area contributed by atoms with E-state index >= 15 is 0 Å². The third-order valence-corrected chi connectivity index (χ3v) is 5.50. The molecule has 1 aliphatic heterocycles. The van der Waals surface area contributed by atoms with E-state index in [1.165, 1.54) is 5.56 Å². The van der Waals surface area contributed by atoms with Gasteiger partial charge in [0, 0.05) is 50.5 Å². The third kappa shape index (κ3) is 4.56. The second kappa shape index (κ2) is 8.61. The smallest absolute Gasteiger partial charge is 0.287 e. The van der Waals surface area contributed by atoms with Gasteiger partial charge >= 0.3 is 0 Å². The van der Waals surface area contributed by atoms with E-state index in [0.717, 1.165) is 61.6 Å². The van der Waals surface area contributed by atoms with Crippen molar-refractivity contribution in [3.05, 3.63) is 53.5 Å². The first-order chi connectivity index (χ1) is 14.1. The number of nitrogens with zero attached hydrogens (tertiary/aromatic N) is 4. The Labute approximate surface area is 170 Å². The summed E-state index contributed by atoms with van der Waals surface area (Å²) in [6.07, 6.45) is 4.47. The molecule has 0 saturated carbocycles. The van der Waals surface area contributed by atoms with Crippen LogP contribution in [0.1, 0.15) is 28.1 Å². The number of piperazine rings is 1. The number of carbonyl (C=O) groups excluding carboxylic acids is 1. The van der Waals surface area contributed by atoms with E-state index < -0.39 is 0 Å². The predicted octanol–water partition coefficient (Wildman–Crippen LogP) is 2.78. The lowest BCUT2D eigenvalue weighted by molar-refractivity contribution is 0.0926. The van der Waals surface area contributed by atoms with Gasteiger partial charge in [0.2, 0.25) is 5.95 Å². The standard InChI is InChI=1S/C22H27N5O2/c1-16-13-18-15-20(29-19(18)14-17(16)2)21(28)23-7-4-8-26-9-11-27(12-10-26)22-24-5-3-6-25-22/h3,5-6,13-15H,4,7-12H2,1-2H3,(H,23,28). The fraction of sp³-hybridized carbons (Fsp3) is 0.409. The summed E-state index contributed by atoms with van der Waals surface area (Å²) in [5.74, 6) is 1.03. The van der Waals surface area contributed by atoms with Crippen LogP contribution in [-0.4, -0.2) is 60.0 Å². The summed E-state index contributed by atoms with van der Waals surface area (Å²) in [5.41, 5.74) is 3.13. The van der Waals surface area contributed by atoms with Gasteiger partial charge in [-0.25, -0.2) is 9.97 Å². The number of anilines is 1. The molecule has 0 spiro atoms. The van der Waals surface area contributed by atoms with Crippen molar-refractivity contribution in [1.82, 2.24) is 20.2 Å². The van der Waals surface area contributed by atoms with Crippen molar-refractivity contribution in [2.75, 3.05) is 44.2 Å². The fourth-order valence-electron chi connectivity index (χ4n) is 3.63. The van der Waals surface area contributed by atoms with E-state index in [9.17, 15) is 4.79 Å². The van der Waals surface area contributed by atoms with Gasteiger partial charge < -0.3 is 14.6 Å². The van der Waals surface area contributed by atoms with Crippen molar-refractivity contribution in [2.45, 2.75) is 20.3 Å². The highest BCUT2D eigenvalue weighted by atomic mass is 16.3. The molecule has 1 fully saturated rings. The Bertz CT molecular complexity index is 939. The molecule has 7 heteroatoms. The van der Waals surface area contributed by atoms with Gasteiger partial charge in [0.1, 0.15) is 5.58 Å². The van der Waals surface area contributed by atoms with Crippen molar-refractivity contribution in [3.8, 4) is 0 Å². The largest absolute Gasteiger partial charge is 0.451 e. The van der Waals surface area contributed by atoms with Crippen molar-refractivity contribution in [2.24, 2.45) is 0 Å². The van der Waals surface area contributed by atoms with Crippen molar-refractivity contribution >= 4 is 22.8 Å². The van der Waals surface area contributed by atoms with Crippen LogP contribution in [0.3, 0.4) is 0 Å². The highest BCUT2D eigenvalue weighted by molar-refractivity contribution is 5.96. The Morgan fingerprint density at radius 2 is 1.79 bits per heavy atom. The molecule has 4 rings (SSSR count). The number of aromatic nitrogens is 2. The number of fused-ring (bicyclic) bond motifs is 1. The van der Waals surface area contributed by atoms with Gasteiger partial charge in [-0.2, -0.15) is 0 Å². The van der Waals surface area contributed by atoms with E-state index in [1.807, 2.05) is 25.1 Å². The van der Waals surface area contributed by atoms with E-state index in [4.69, 9.17) is 4.42 Å². The maximum absolute atomic E-state index is 12.4. The number of benzene rings is 1. The third-order valence-electron chi connectivity index (χ3n) is 5.50. The minimum atomic E-state index is -0.150. The molecule has 1 aliphatic rings. The van der Waals surface area contributed by atoms with Crippen LogP contribution in [0, 0.1) is 13.8 Å². The number of amides is 1. The van der Waals surface area contributed by atoms with E-state index in [1.54, 1.807) is 12.4 Å². The molecule has 0 unspecified atom stereocenters. The van der Waals surface area contributed by atoms with Crippen molar-refractivity contribution in [3.63, 3.8) is 0 Å². The fourth-order valence-corrected chi connectivity index (χ4v) is 3.63. The van der Waals surface area contributed by atoms with Gasteiger partial charge in [-0.15, -0.1) is 0 Å². The number of carbonyl (C=O) groups is 1. The zero-order valence-electron chi connectivity index (χ0n) is 17.0. The first kappa shape index (κ1) is 19.4. The van der Waals surface area contributed by atoms with Gasteiger partial charge in [-0.1, -0.05) is 0 Å². The normalized spacial score (nSPS) is 15.0. The second-order valence-electron chi connectivity index (χ2n) is 7.57. The predicted molar refractivity (Wildman–Crippen MR) is 113 cm³/mol. The minimum Gasteiger partial charge on any atom is -0.451 e. The van der Waals surface area contributed by atoms with Crippen LogP contribution in [0.2, 0.25) is 0 Å². The lowest BCUT2D eigenvalue weighted by Crippen LogP contribution is -2.47. The summed E-state index contributed by atoms with van der Waals surface area (Å²) < 4.78 is 5.73. The molecule has 152 valence electrons. The molecule has 29 heavy (non-hydrogen) atoms. The van der Waals surface area contributed by atoms with Crippen LogP contribution in [0.4, 0.5) is 5.95 Å². The van der Waals surface area contributed by atoms with Crippen molar-refractivity contribution < 1.29 is 9.21 Å². The van der Waals surface area contributed by atoms with E-state index in [2.05, 4.69) is 38.1 Å². The molecule has 0 radical (unpaired) electrons. The highest BCUT2D eigenvalue weighted by Gasteiger charge is 2.18. The zero-order chi connectivity index (χ0) is 20.2. The molecular formula is C22H27N5O2. The van der Waals surface area contributed by atoms with Crippen LogP contribution >= 0.6 is 0 Å². The van der Waals surface area contributed by atoms with Gasteiger partial charge in [0.25, 0.3) is 5.91 Å². The first-order valence-corrected chi connectivity index (χ1v) is 10.1. The molecule has 3 aromatic rings. The topological polar surface area (TPSA) is 74.5 Å². The first-order valence-electron chi connectivity index (χ1n) is 10.1. The summed E-state index contributed by atoms with van der Waals surface area (Å²) in [7, 11) is 0. The molecular weight excluding hydrogens is 366 g/mol. The quantitative estimate of drug-likeness (QED) is 0.649. The monoisotopic (exact) mass is 393 g/mol. The molecule has 1 N–H and O–H groups in total. The lowest BCUT2D eigenvalue weighted by atomic mass is 10.1. The molecule has 1 amide bonds. The molecule has 7 nitrogen and oxygen atoms in total. The average Bonchev–Trinajstić information content (AvgIpc) is 3.15. The van der Waals surface area contributed by atoms with Crippen LogP contribution in [0.15, 0.2) is 41.1 Å². The molecule has 3 heterocycles. The SMILES string of the molecule is Cc1cc2cc(C(=O)NCCCN3CCN(c4ncccn4)CC3)oc2cc1C. The summed E-state index contributed by atoms with van der Waals surface area (Å²) in [5, 5.41) is 3.94. The van der Waals surface area contributed by atoms with Gasteiger partial charge in [-0.3, -0.25) is 9.69 Å². The van der Waals surface area contributed by atoms with Crippen LogP contribution < -0.4 is 10.2 Å². The Balaban J connectivity index is 1.20. The zero-order valence-corrected chi connectivity index (χ0v) is 17.0. The molecule has 2 aromatic heterocycles. The minimum absolute atomic E-state index is 0.150. The number of hydrogen-bond acceptors (Lipinski definition) is 6. The highest BCUT2D eigenvalue weighted by Crippen LogP contribution is 2.23. The lowest BCUT2D eigenvalue weighted by Gasteiger charge is -2.34. The second-order valence-corrected chi connectivity index (χ2v) is 7.57. The summed E-state index contributed by atoms with van der Waals surface area (Å²) in [6.45, 7) is 9.52. The Hall–Kier alpha value is -2.93. The Morgan fingerprint density at radius 3 is 2.55 bits per heavy atom. The summed E-state index contributed by atoms with van der Waals surface area (Å²) >= 11 is 0. The molecule has 0 atom stereocenters.